The average molecular weight is 1050 g/mol. The van der Waals surface area contributed by atoms with Crippen LogP contribution in [-0.4, -0.2) is 82.3 Å². The van der Waals surface area contributed by atoms with Gasteiger partial charge in [-0.1, -0.05) is 254 Å². The number of allylic oxidation sites excluding steroid dienone is 10. The Morgan fingerprint density at radius 3 is 1.15 bits per heavy atom. The van der Waals surface area contributed by atoms with Crippen molar-refractivity contribution < 1.29 is 42.9 Å². The lowest BCUT2D eigenvalue weighted by molar-refractivity contribution is -0.870. The number of carbonyl (C=O) groups is 3. The van der Waals surface area contributed by atoms with Gasteiger partial charge >= 0.3 is 11.9 Å². The number of quaternary nitrogens is 1. The quantitative estimate of drug-likeness (QED) is 0.0195. The lowest BCUT2D eigenvalue weighted by Gasteiger charge is -2.26. The first-order chi connectivity index (χ1) is 36.6. The number of nitrogens with zero attached hydrogens (tertiary/aromatic N) is 1. The van der Waals surface area contributed by atoms with Gasteiger partial charge in [0.1, 0.15) is 13.2 Å². The zero-order valence-electron chi connectivity index (χ0n) is 49.7. The molecule has 0 aromatic carbocycles. The van der Waals surface area contributed by atoms with Gasteiger partial charge in [0, 0.05) is 12.8 Å². The molecule has 0 saturated carbocycles. The molecule has 9 heteroatoms. The van der Waals surface area contributed by atoms with Crippen molar-refractivity contribution >= 4 is 17.9 Å². The summed E-state index contributed by atoms with van der Waals surface area (Å²) < 4.78 is 22.7. The van der Waals surface area contributed by atoms with Gasteiger partial charge < -0.3 is 33.3 Å². The lowest BCUT2D eigenvalue weighted by atomic mass is 10.0. The molecule has 75 heavy (non-hydrogen) atoms. The summed E-state index contributed by atoms with van der Waals surface area (Å²) in [4.78, 5) is 37.2. The summed E-state index contributed by atoms with van der Waals surface area (Å²) in [7, 11) is 5.92. The number of hydrogen-bond donors (Lipinski definition) is 0. The van der Waals surface area contributed by atoms with Crippen molar-refractivity contribution in [3.05, 3.63) is 60.8 Å². The fourth-order valence-corrected chi connectivity index (χ4v) is 8.94. The predicted molar refractivity (Wildman–Crippen MR) is 315 cm³/mol. The highest BCUT2D eigenvalue weighted by atomic mass is 16.7. The molecule has 0 fully saturated rings. The van der Waals surface area contributed by atoms with Crippen LogP contribution in [0, 0.1) is 0 Å². The second kappa shape index (κ2) is 57.2. The fourth-order valence-electron chi connectivity index (χ4n) is 8.94. The molecule has 2 unspecified atom stereocenters. The smallest absolute Gasteiger partial charge is 0.306 e. The fraction of sp³-hybridized carbons (Fsp3) is 0.803. The molecule has 0 spiro atoms. The monoisotopic (exact) mass is 1050 g/mol. The van der Waals surface area contributed by atoms with E-state index in [2.05, 4.69) is 74.6 Å². The van der Waals surface area contributed by atoms with Gasteiger partial charge in [-0.25, -0.2) is 0 Å². The Morgan fingerprint density at radius 1 is 0.413 bits per heavy atom. The van der Waals surface area contributed by atoms with Crippen molar-refractivity contribution in [3.8, 4) is 0 Å². The van der Waals surface area contributed by atoms with Crippen molar-refractivity contribution in [2.45, 2.75) is 296 Å². The molecule has 436 valence electrons. The van der Waals surface area contributed by atoms with E-state index in [4.69, 9.17) is 18.9 Å². The summed E-state index contributed by atoms with van der Waals surface area (Å²) in [5.41, 5.74) is 0. The molecule has 0 radical (unpaired) electrons. The number of esters is 2. The molecule has 0 aromatic rings. The molecule has 0 amide bonds. The van der Waals surface area contributed by atoms with Crippen molar-refractivity contribution in [1.29, 1.82) is 0 Å². The summed E-state index contributed by atoms with van der Waals surface area (Å²) in [6.45, 7) is 4.63. The first kappa shape index (κ1) is 72.0. The lowest BCUT2D eigenvalue weighted by Crippen LogP contribution is -2.44. The molecule has 0 bridgehead atoms. The van der Waals surface area contributed by atoms with Gasteiger partial charge in [0.15, 0.2) is 12.4 Å². The highest BCUT2D eigenvalue weighted by Gasteiger charge is 2.22. The van der Waals surface area contributed by atoms with E-state index >= 15 is 0 Å². The minimum Gasteiger partial charge on any atom is -0.545 e. The largest absolute Gasteiger partial charge is 0.545 e. The van der Waals surface area contributed by atoms with Crippen molar-refractivity contribution in [2.24, 2.45) is 0 Å². The summed E-state index contributed by atoms with van der Waals surface area (Å²) in [6, 6.07) is 0. The average Bonchev–Trinajstić information content (AvgIpc) is 3.38. The number of carboxylic acid groups (broad SMARTS) is 1. The van der Waals surface area contributed by atoms with E-state index in [1.54, 1.807) is 0 Å². The Labute approximate surface area is 463 Å². The van der Waals surface area contributed by atoms with Gasteiger partial charge in [-0.05, 0) is 77.0 Å². The molecule has 0 aliphatic carbocycles. The van der Waals surface area contributed by atoms with Gasteiger partial charge in [0.05, 0.1) is 40.3 Å². The second-order valence-electron chi connectivity index (χ2n) is 22.3. The van der Waals surface area contributed by atoms with E-state index in [1.807, 2.05) is 21.1 Å². The molecule has 0 aliphatic rings. The maximum Gasteiger partial charge on any atom is 0.306 e. The van der Waals surface area contributed by atoms with Gasteiger partial charge in [0.25, 0.3) is 0 Å². The van der Waals surface area contributed by atoms with Crippen molar-refractivity contribution in [1.82, 2.24) is 0 Å². The van der Waals surface area contributed by atoms with E-state index in [0.717, 1.165) is 77.0 Å². The van der Waals surface area contributed by atoms with Gasteiger partial charge in [-0.3, -0.25) is 9.59 Å². The van der Waals surface area contributed by atoms with Crippen LogP contribution >= 0.6 is 0 Å². The van der Waals surface area contributed by atoms with E-state index in [9.17, 15) is 19.5 Å². The van der Waals surface area contributed by atoms with Crippen LogP contribution in [0.3, 0.4) is 0 Å². The molecular weight excluding hydrogens is 935 g/mol. The normalized spacial score (nSPS) is 13.1. The number of aliphatic carboxylic acids is 1. The van der Waals surface area contributed by atoms with E-state index in [1.165, 1.54) is 173 Å². The van der Waals surface area contributed by atoms with E-state index in [0.29, 0.717) is 17.4 Å². The maximum absolute atomic E-state index is 12.9. The zero-order valence-corrected chi connectivity index (χ0v) is 49.7. The molecule has 0 heterocycles. The molecule has 0 aromatic heterocycles. The first-order valence-corrected chi connectivity index (χ1v) is 31.4. The highest BCUT2D eigenvalue weighted by Crippen LogP contribution is 2.17. The zero-order chi connectivity index (χ0) is 54.8. The Morgan fingerprint density at radius 2 is 0.760 bits per heavy atom. The topological polar surface area (TPSA) is 111 Å². The Hall–Kier alpha value is -3.01. The number of likely N-dealkylation sites (N-methyl/N-ethyl adjacent to an activating group) is 1. The molecule has 0 aliphatic heterocycles. The van der Waals surface area contributed by atoms with E-state index in [-0.39, 0.29) is 38.6 Å². The highest BCUT2D eigenvalue weighted by molar-refractivity contribution is 5.70. The van der Waals surface area contributed by atoms with Gasteiger partial charge in [-0.15, -0.1) is 0 Å². The van der Waals surface area contributed by atoms with Crippen LogP contribution in [0.4, 0.5) is 0 Å². The summed E-state index contributed by atoms with van der Waals surface area (Å²) in [5, 5.41) is 11.8. The third-order valence-corrected chi connectivity index (χ3v) is 13.7. The standard InChI is InChI=1S/C66H119NO8/c1-6-8-10-12-14-16-18-20-21-22-23-24-25-26-27-28-29-30-31-32-33-34-35-36-37-38-39-40-41-42-43-45-47-49-51-53-55-57-64(69)75-62(61-74-66(65(70)71)72-59-58-67(3,4)5)60-73-63(68)56-54-52-50-48-46-44-19-17-15-13-11-9-7-2/h8,10,14,16-17,19-21,23-24,62,66H,6-7,9,11-13,15,18,22,25-61H2,1-5H3/b10-8-,16-14-,19-17-,21-20-,24-23-. The number of ether oxygens (including phenoxy) is 4. The maximum atomic E-state index is 12.9. The SMILES string of the molecule is CC/C=C\C/C=C\C/C=C\C/C=C\CCCCCCCCCCCCCCCCCCCCCCCCCCC(=O)OC(COC(=O)CCCCCCC/C=C\CCCCCC)COC(OCC[N+](C)(C)C)C(=O)[O-]. The summed E-state index contributed by atoms with van der Waals surface area (Å²) in [5.74, 6) is -2.28. The Balaban J connectivity index is 3.97. The number of carbonyl (C=O) groups excluding carboxylic acids is 3. The predicted octanol–water partition coefficient (Wildman–Crippen LogP) is 17.5. The summed E-state index contributed by atoms with van der Waals surface area (Å²) in [6.07, 6.45) is 70.2. The van der Waals surface area contributed by atoms with Crippen molar-refractivity contribution in [2.75, 3.05) is 47.5 Å². The molecule has 0 N–H and O–H groups in total. The minimum atomic E-state index is -1.62. The van der Waals surface area contributed by atoms with Gasteiger partial charge in [-0.2, -0.15) is 0 Å². The minimum absolute atomic E-state index is 0.147. The molecular formula is C66H119NO8. The Bertz CT molecular complexity index is 1410. The molecule has 2 atom stereocenters. The van der Waals surface area contributed by atoms with Gasteiger partial charge in [0.2, 0.25) is 0 Å². The number of carboxylic acids is 1. The molecule has 9 nitrogen and oxygen atoms in total. The van der Waals surface area contributed by atoms with Crippen LogP contribution < -0.4 is 5.11 Å². The third kappa shape index (κ3) is 58.5. The summed E-state index contributed by atoms with van der Waals surface area (Å²) >= 11 is 0. The van der Waals surface area contributed by atoms with Crippen LogP contribution in [0.1, 0.15) is 284 Å². The van der Waals surface area contributed by atoms with Crippen LogP contribution in [0.2, 0.25) is 0 Å². The van der Waals surface area contributed by atoms with Crippen LogP contribution in [0.15, 0.2) is 60.8 Å². The van der Waals surface area contributed by atoms with E-state index < -0.39 is 24.3 Å². The van der Waals surface area contributed by atoms with Crippen molar-refractivity contribution in [3.63, 3.8) is 0 Å². The number of rotatable bonds is 58. The molecule has 0 saturated heterocycles. The number of hydrogen-bond acceptors (Lipinski definition) is 8. The molecule has 0 rings (SSSR count). The Kier molecular flexibility index (Phi) is 54.9. The number of unbranched alkanes of at least 4 members (excludes halogenated alkanes) is 33. The van der Waals surface area contributed by atoms with Crippen LogP contribution in [0.5, 0.6) is 0 Å². The van der Waals surface area contributed by atoms with Crippen LogP contribution in [-0.2, 0) is 33.3 Å². The first-order valence-electron chi connectivity index (χ1n) is 31.4. The second-order valence-corrected chi connectivity index (χ2v) is 22.3. The third-order valence-electron chi connectivity index (χ3n) is 13.7. The van der Waals surface area contributed by atoms with Crippen LogP contribution in [0.25, 0.3) is 0 Å².